The second kappa shape index (κ2) is 3.40. The van der Waals surface area contributed by atoms with Gasteiger partial charge in [0.2, 0.25) is 5.83 Å². The van der Waals surface area contributed by atoms with Crippen LogP contribution in [0.3, 0.4) is 0 Å². The molecule has 0 saturated heterocycles. The third kappa shape index (κ3) is 2.10. The second-order valence-electron chi connectivity index (χ2n) is 1.94. The van der Waals surface area contributed by atoms with Crippen LogP contribution in [0.5, 0.6) is 0 Å². The summed E-state index contributed by atoms with van der Waals surface area (Å²) in [5.41, 5.74) is 0. The van der Waals surface area contributed by atoms with Crippen LogP contribution in [0.15, 0.2) is 22.4 Å². The number of hydrogen-bond donors (Lipinski definition) is 1. The van der Waals surface area contributed by atoms with Crippen LogP contribution < -0.4 is 0 Å². The SMILES string of the molecule is O=C(O)C(F)=Cc1ccc(Cl)o1. The van der Waals surface area contributed by atoms with Crippen molar-refractivity contribution in [2.75, 3.05) is 0 Å². The fourth-order valence-electron chi connectivity index (χ4n) is 0.592. The largest absolute Gasteiger partial charge is 0.476 e. The summed E-state index contributed by atoms with van der Waals surface area (Å²) in [6, 6.07) is 2.76. The highest BCUT2D eigenvalue weighted by molar-refractivity contribution is 6.28. The fourth-order valence-corrected chi connectivity index (χ4v) is 0.745. The van der Waals surface area contributed by atoms with E-state index >= 15 is 0 Å². The zero-order valence-electron chi connectivity index (χ0n) is 5.75. The summed E-state index contributed by atoms with van der Waals surface area (Å²) < 4.78 is 17.1. The van der Waals surface area contributed by atoms with Crippen LogP contribution in [0.25, 0.3) is 6.08 Å². The van der Waals surface area contributed by atoms with E-state index in [1.807, 2.05) is 0 Å². The Labute approximate surface area is 72.1 Å². The van der Waals surface area contributed by atoms with Crippen molar-refractivity contribution < 1.29 is 18.7 Å². The van der Waals surface area contributed by atoms with Crippen LogP contribution in [0.4, 0.5) is 4.39 Å². The molecule has 1 N–H and O–H groups in total. The van der Waals surface area contributed by atoms with Crippen LogP contribution in [0, 0.1) is 0 Å². The molecule has 1 aromatic heterocycles. The standard InChI is InChI=1S/C7H4ClFO3/c8-6-2-1-4(12-6)3-5(9)7(10)11/h1-3H,(H,10,11). The number of carbonyl (C=O) groups is 1. The second-order valence-corrected chi connectivity index (χ2v) is 2.31. The van der Waals surface area contributed by atoms with Gasteiger partial charge in [0.1, 0.15) is 5.76 Å². The first-order valence-electron chi connectivity index (χ1n) is 2.95. The lowest BCUT2D eigenvalue weighted by atomic mass is 10.4. The van der Waals surface area contributed by atoms with E-state index in [2.05, 4.69) is 0 Å². The van der Waals surface area contributed by atoms with Crippen molar-refractivity contribution in [3.8, 4) is 0 Å². The molecular weight excluding hydrogens is 187 g/mol. The molecule has 1 rings (SSSR count). The van der Waals surface area contributed by atoms with Crippen molar-refractivity contribution in [2.24, 2.45) is 0 Å². The van der Waals surface area contributed by atoms with Gasteiger partial charge in [-0.2, -0.15) is 4.39 Å². The van der Waals surface area contributed by atoms with E-state index in [9.17, 15) is 9.18 Å². The first kappa shape index (κ1) is 8.80. The molecule has 0 radical (unpaired) electrons. The number of carboxylic acid groups (broad SMARTS) is 1. The summed E-state index contributed by atoms with van der Waals surface area (Å²) in [5.74, 6) is -2.86. The zero-order chi connectivity index (χ0) is 9.14. The summed E-state index contributed by atoms with van der Waals surface area (Å²) in [6.07, 6.45) is 0.744. The Balaban J connectivity index is 2.87. The van der Waals surface area contributed by atoms with Crippen molar-refractivity contribution in [2.45, 2.75) is 0 Å². The maximum Gasteiger partial charge on any atom is 0.364 e. The summed E-state index contributed by atoms with van der Waals surface area (Å²) >= 11 is 5.36. The first-order valence-corrected chi connectivity index (χ1v) is 3.33. The zero-order valence-corrected chi connectivity index (χ0v) is 6.51. The molecule has 0 spiro atoms. The first-order chi connectivity index (χ1) is 5.59. The lowest BCUT2D eigenvalue weighted by Crippen LogP contribution is -1.93. The normalized spacial score (nSPS) is 11.7. The Hall–Kier alpha value is -1.29. The Morgan fingerprint density at radius 2 is 2.33 bits per heavy atom. The Morgan fingerprint density at radius 1 is 1.67 bits per heavy atom. The molecule has 64 valence electrons. The van der Waals surface area contributed by atoms with Gasteiger partial charge in [-0.25, -0.2) is 4.79 Å². The third-order valence-corrected chi connectivity index (χ3v) is 1.27. The van der Waals surface area contributed by atoms with E-state index in [4.69, 9.17) is 21.1 Å². The molecule has 0 bridgehead atoms. The quantitative estimate of drug-likeness (QED) is 0.729. The summed E-state index contributed by atoms with van der Waals surface area (Å²) in [5, 5.41) is 8.21. The van der Waals surface area contributed by atoms with E-state index in [-0.39, 0.29) is 11.0 Å². The Kier molecular flexibility index (Phi) is 2.50. The van der Waals surface area contributed by atoms with Crippen molar-refractivity contribution >= 4 is 23.6 Å². The van der Waals surface area contributed by atoms with Gasteiger partial charge in [0.25, 0.3) is 0 Å². The molecule has 1 aromatic rings. The fraction of sp³-hybridized carbons (Fsp3) is 0. The van der Waals surface area contributed by atoms with Gasteiger partial charge >= 0.3 is 5.97 Å². The van der Waals surface area contributed by atoms with Crippen molar-refractivity contribution in [1.29, 1.82) is 0 Å². The van der Waals surface area contributed by atoms with Gasteiger partial charge in [0.15, 0.2) is 5.22 Å². The van der Waals surface area contributed by atoms with E-state index in [0.29, 0.717) is 0 Å². The minimum atomic E-state index is -1.64. The van der Waals surface area contributed by atoms with Gasteiger partial charge in [0, 0.05) is 6.08 Å². The van der Waals surface area contributed by atoms with Crippen LogP contribution in [-0.4, -0.2) is 11.1 Å². The highest BCUT2D eigenvalue weighted by atomic mass is 35.5. The molecule has 12 heavy (non-hydrogen) atoms. The molecule has 0 unspecified atom stereocenters. The van der Waals surface area contributed by atoms with E-state index < -0.39 is 11.8 Å². The van der Waals surface area contributed by atoms with Crippen LogP contribution in [-0.2, 0) is 4.79 Å². The molecule has 0 aliphatic rings. The number of rotatable bonds is 2. The maximum atomic E-state index is 12.4. The van der Waals surface area contributed by atoms with E-state index in [1.54, 1.807) is 0 Å². The van der Waals surface area contributed by atoms with Crippen molar-refractivity contribution in [3.05, 3.63) is 28.9 Å². The lowest BCUT2D eigenvalue weighted by Gasteiger charge is -1.85. The Bertz CT molecular complexity index is 329. The maximum absolute atomic E-state index is 12.4. The van der Waals surface area contributed by atoms with Gasteiger partial charge in [-0.3, -0.25) is 0 Å². The molecule has 0 saturated carbocycles. The topological polar surface area (TPSA) is 50.4 Å². The van der Waals surface area contributed by atoms with Gasteiger partial charge in [0.05, 0.1) is 0 Å². The number of halogens is 2. The van der Waals surface area contributed by atoms with E-state index in [1.165, 1.54) is 12.1 Å². The van der Waals surface area contributed by atoms with Crippen LogP contribution in [0.1, 0.15) is 5.76 Å². The van der Waals surface area contributed by atoms with Crippen LogP contribution >= 0.6 is 11.6 Å². The third-order valence-electron chi connectivity index (χ3n) is 1.07. The summed E-state index contributed by atoms with van der Waals surface area (Å²) in [6.45, 7) is 0. The van der Waals surface area contributed by atoms with Gasteiger partial charge in [-0.1, -0.05) is 0 Å². The minimum absolute atomic E-state index is 0.0694. The van der Waals surface area contributed by atoms with Gasteiger partial charge < -0.3 is 9.52 Å². The predicted octanol–water partition coefficient (Wildman–Crippen LogP) is 2.33. The predicted molar refractivity (Wildman–Crippen MR) is 40.4 cm³/mol. The summed E-state index contributed by atoms with van der Waals surface area (Å²) in [7, 11) is 0. The van der Waals surface area contributed by atoms with Crippen molar-refractivity contribution in [3.63, 3.8) is 0 Å². The monoisotopic (exact) mass is 190 g/mol. The molecule has 0 fully saturated rings. The molecule has 0 aromatic carbocycles. The molecule has 0 aliphatic carbocycles. The van der Waals surface area contributed by atoms with Crippen molar-refractivity contribution in [1.82, 2.24) is 0 Å². The minimum Gasteiger partial charge on any atom is -0.476 e. The Morgan fingerprint density at radius 3 is 2.75 bits per heavy atom. The smallest absolute Gasteiger partial charge is 0.364 e. The average molecular weight is 191 g/mol. The molecular formula is C7H4ClFO3. The molecule has 0 atom stereocenters. The molecule has 3 nitrogen and oxygen atoms in total. The molecule has 0 amide bonds. The number of aliphatic carboxylic acids is 1. The highest BCUT2D eigenvalue weighted by Crippen LogP contribution is 2.16. The number of furan rings is 1. The van der Waals surface area contributed by atoms with E-state index in [0.717, 1.165) is 6.08 Å². The number of hydrogen-bond acceptors (Lipinski definition) is 2. The molecule has 5 heteroatoms. The number of carboxylic acids is 1. The average Bonchev–Trinajstić information content (AvgIpc) is 2.35. The molecule has 1 heterocycles. The highest BCUT2D eigenvalue weighted by Gasteiger charge is 2.06. The van der Waals surface area contributed by atoms with Gasteiger partial charge in [-0.05, 0) is 23.7 Å². The van der Waals surface area contributed by atoms with Gasteiger partial charge in [-0.15, -0.1) is 0 Å². The lowest BCUT2D eigenvalue weighted by molar-refractivity contribution is -0.134. The summed E-state index contributed by atoms with van der Waals surface area (Å²) in [4.78, 5) is 9.99. The molecule has 0 aliphatic heterocycles. The van der Waals surface area contributed by atoms with Crippen LogP contribution in [0.2, 0.25) is 5.22 Å².